The van der Waals surface area contributed by atoms with E-state index in [-0.39, 0.29) is 11.0 Å². The number of aliphatic imine (C=N–C) groups is 1. The van der Waals surface area contributed by atoms with Crippen molar-refractivity contribution in [2.45, 2.75) is 103 Å². The number of unbranched alkanes of at least 4 members (excludes halogenated alkanes) is 12. The van der Waals surface area contributed by atoms with Gasteiger partial charge in [0.1, 0.15) is 19.3 Å². The van der Waals surface area contributed by atoms with Crippen LogP contribution in [-0.4, -0.2) is 35.9 Å². The second-order valence-corrected chi connectivity index (χ2v) is 8.61. The number of amidine groups is 1. The first kappa shape index (κ1) is 26.6. The molecule has 0 saturated carbocycles. The minimum absolute atomic E-state index is 0.0705. The van der Waals surface area contributed by atoms with E-state index in [1.54, 1.807) is 6.20 Å². The normalized spacial score (nSPS) is 18.4. The van der Waals surface area contributed by atoms with Gasteiger partial charge in [-0.15, -0.1) is 0 Å². The highest BCUT2D eigenvalue weighted by atomic mass is 16.4. The summed E-state index contributed by atoms with van der Waals surface area (Å²) in [6.45, 7) is 3.19. The van der Waals surface area contributed by atoms with Gasteiger partial charge in [0.15, 0.2) is 0 Å². The monoisotopic (exact) mass is 419 g/mol. The van der Waals surface area contributed by atoms with Crippen LogP contribution in [-0.2, 0) is 4.79 Å². The SMILES string of the molecule is CCCCCCCC/C=C/CCCCCCCCC1=NC=C[N+]1(CCN)CC(=O)[O-]. The Balaban J connectivity index is 2.00. The van der Waals surface area contributed by atoms with E-state index in [1.807, 2.05) is 6.20 Å². The molecular weight excluding hydrogens is 374 g/mol. The van der Waals surface area contributed by atoms with Crippen LogP contribution in [0.5, 0.6) is 0 Å². The van der Waals surface area contributed by atoms with Crippen molar-refractivity contribution in [3.63, 3.8) is 0 Å². The summed E-state index contributed by atoms with van der Waals surface area (Å²) >= 11 is 0. The Morgan fingerprint density at radius 2 is 1.53 bits per heavy atom. The standard InChI is InChI=1S/C25H45N3O2/c1-2-3-4-5-6-7-8-9-10-11-12-13-14-15-16-17-18-24-27-20-22-28(24,21-19-26)23-25(29)30/h9-10,20,22H,2-8,11-19,21,23,26H2,1H3/b10-9+. The molecule has 1 unspecified atom stereocenters. The second kappa shape index (κ2) is 17.2. The molecule has 0 spiro atoms. The predicted molar refractivity (Wildman–Crippen MR) is 125 cm³/mol. The van der Waals surface area contributed by atoms with Crippen molar-refractivity contribution in [2.24, 2.45) is 10.7 Å². The third kappa shape index (κ3) is 11.7. The minimum atomic E-state index is -1.05. The molecule has 1 aliphatic rings. The van der Waals surface area contributed by atoms with Crippen molar-refractivity contribution in [1.82, 2.24) is 0 Å². The van der Waals surface area contributed by atoms with Crippen molar-refractivity contribution in [2.75, 3.05) is 19.6 Å². The number of carbonyl (C=O) groups excluding carboxylic acids is 1. The topological polar surface area (TPSA) is 78.5 Å². The van der Waals surface area contributed by atoms with Crippen LogP contribution in [0.2, 0.25) is 0 Å². The van der Waals surface area contributed by atoms with Gasteiger partial charge in [0, 0.05) is 13.0 Å². The average molecular weight is 420 g/mol. The zero-order valence-electron chi connectivity index (χ0n) is 19.3. The number of nitrogens with two attached hydrogens (primary N) is 1. The fraction of sp³-hybridized carbons (Fsp3) is 0.760. The first-order chi connectivity index (χ1) is 14.6. The molecule has 0 radical (unpaired) electrons. The van der Waals surface area contributed by atoms with Crippen molar-refractivity contribution in [3.05, 3.63) is 24.6 Å². The Kier molecular flexibility index (Phi) is 15.3. The second-order valence-electron chi connectivity index (χ2n) is 8.61. The molecular formula is C25H45N3O2. The van der Waals surface area contributed by atoms with Gasteiger partial charge in [0.25, 0.3) is 0 Å². The van der Waals surface area contributed by atoms with Crippen LogP contribution in [0.3, 0.4) is 0 Å². The quantitative estimate of drug-likeness (QED) is 0.174. The van der Waals surface area contributed by atoms with Crippen LogP contribution in [0.1, 0.15) is 103 Å². The number of aliphatic carboxylic acids is 1. The number of allylic oxidation sites excluding steroid dienone is 2. The zero-order valence-corrected chi connectivity index (χ0v) is 19.3. The minimum Gasteiger partial charge on any atom is -0.544 e. The molecule has 0 bridgehead atoms. The maximum atomic E-state index is 11.1. The van der Waals surface area contributed by atoms with Crippen LogP contribution in [0.15, 0.2) is 29.5 Å². The number of hydrogen-bond donors (Lipinski definition) is 1. The molecule has 1 atom stereocenters. The van der Waals surface area contributed by atoms with E-state index in [0.717, 1.165) is 18.7 Å². The number of carbonyl (C=O) groups is 1. The number of hydrogen-bond acceptors (Lipinski definition) is 4. The maximum absolute atomic E-state index is 11.1. The molecule has 30 heavy (non-hydrogen) atoms. The van der Waals surface area contributed by atoms with Gasteiger partial charge in [-0.05, 0) is 32.1 Å². The molecule has 172 valence electrons. The number of quaternary nitrogens is 1. The molecule has 0 aromatic carbocycles. The van der Waals surface area contributed by atoms with Gasteiger partial charge < -0.3 is 15.6 Å². The highest BCUT2D eigenvalue weighted by Gasteiger charge is 2.34. The third-order valence-corrected chi connectivity index (χ3v) is 5.94. The predicted octanol–water partition coefficient (Wildman–Crippen LogP) is 4.82. The molecule has 5 nitrogen and oxygen atoms in total. The summed E-state index contributed by atoms with van der Waals surface area (Å²) in [7, 11) is 0. The van der Waals surface area contributed by atoms with E-state index < -0.39 is 5.97 Å². The van der Waals surface area contributed by atoms with E-state index in [2.05, 4.69) is 24.1 Å². The number of nitrogens with zero attached hydrogens (tertiary/aromatic N) is 2. The summed E-state index contributed by atoms with van der Waals surface area (Å²) in [6.07, 6.45) is 27.1. The Morgan fingerprint density at radius 3 is 2.10 bits per heavy atom. The highest BCUT2D eigenvalue weighted by molar-refractivity contribution is 5.80. The summed E-state index contributed by atoms with van der Waals surface area (Å²) < 4.78 is 0.240. The molecule has 1 rings (SSSR count). The molecule has 0 aromatic heterocycles. The lowest BCUT2D eigenvalue weighted by molar-refractivity contribution is -0.780. The Hall–Kier alpha value is -1.46. The van der Waals surface area contributed by atoms with Crippen LogP contribution in [0.4, 0.5) is 0 Å². The first-order valence-electron chi connectivity index (χ1n) is 12.3. The Labute approximate surface area is 184 Å². The van der Waals surface area contributed by atoms with Crippen molar-refractivity contribution in [3.8, 4) is 0 Å². The molecule has 0 aliphatic carbocycles. The molecule has 0 aromatic rings. The Morgan fingerprint density at radius 1 is 0.967 bits per heavy atom. The van der Waals surface area contributed by atoms with Crippen LogP contribution in [0, 0.1) is 0 Å². The van der Waals surface area contributed by atoms with E-state index in [1.165, 1.54) is 83.5 Å². The molecule has 2 N–H and O–H groups in total. The summed E-state index contributed by atoms with van der Waals surface area (Å²) in [5.41, 5.74) is 5.70. The molecule has 1 heterocycles. The largest absolute Gasteiger partial charge is 0.544 e. The van der Waals surface area contributed by atoms with Gasteiger partial charge in [0.05, 0.1) is 12.2 Å². The fourth-order valence-corrected chi connectivity index (χ4v) is 4.15. The smallest absolute Gasteiger partial charge is 0.207 e. The summed E-state index contributed by atoms with van der Waals surface area (Å²) in [5, 5.41) is 11.1. The van der Waals surface area contributed by atoms with Gasteiger partial charge in [-0.1, -0.05) is 76.9 Å². The zero-order chi connectivity index (χ0) is 21.9. The van der Waals surface area contributed by atoms with Crippen LogP contribution in [0.25, 0.3) is 0 Å². The number of rotatable bonds is 20. The van der Waals surface area contributed by atoms with Gasteiger partial charge in [0.2, 0.25) is 5.84 Å². The van der Waals surface area contributed by atoms with E-state index in [0.29, 0.717) is 13.1 Å². The van der Waals surface area contributed by atoms with Crippen LogP contribution >= 0.6 is 0 Å². The van der Waals surface area contributed by atoms with E-state index in [9.17, 15) is 9.90 Å². The molecule has 0 saturated heterocycles. The van der Waals surface area contributed by atoms with Crippen LogP contribution < -0.4 is 10.8 Å². The lowest BCUT2D eigenvalue weighted by Gasteiger charge is -2.32. The number of carboxylic acids is 1. The first-order valence-corrected chi connectivity index (χ1v) is 12.3. The van der Waals surface area contributed by atoms with E-state index >= 15 is 0 Å². The number of carboxylic acid groups (broad SMARTS) is 1. The van der Waals surface area contributed by atoms with Gasteiger partial charge in [-0.2, -0.15) is 0 Å². The van der Waals surface area contributed by atoms with Crippen molar-refractivity contribution in [1.29, 1.82) is 0 Å². The highest BCUT2D eigenvalue weighted by Crippen LogP contribution is 2.21. The average Bonchev–Trinajstić information content (AvgIpc) is 3.09. The molecule has 0 amide bonds. The molecule has 0 fully saturated rings. The lowest BCUT2D eigenvalue weighted by atomic mass is 10.1. The summed E-state index contributed by atoms with van der Waals surface area (Å²) in [5.74, 6) is -0.135. The molecule has 1 aliphatic heterocycles. The maximum Gasteiger partial charge on any atom is 0.207 e. The molecule has 5 heteroatoms. The van der Waals surface area contributed by atoms with Gasteiger partial charge in [-0.3, -0.25) is 0 Å². The van der Waals surface area contributed by atoms with Gasteiger partial charge >= 0.3 is 0 Å². The Bertz CT molecular complexity index is 543. The lowest BCUT2D eigenvalue weighted by Crippen LogP contribution is -2.55. The van der Waals surface area contributed by atoms with Crippen molar-refractivity contribution >= 4 is 11.8 Å². The van der Waals surface area contributed by atoms with Gasteiger partial charge in [-0.25, -0.2) is 9.48 Å². The van der Waals surface area contributed by atoms with E-state index in [4.69, 9.17) is 5.73 Å². The summed E-state index contributed by atoms with van der Waals surface area (Å²) in [4.78, 5) is 15.6. The fourth-order valence-electron chi connectivity index (χ4n) is 4.15. The van der Waals surface area contributed by atoms with Crippen molar-refractivity contribution < 1.29 is 14.4 Å². The third-order valence-electron chi connectivity index (χ3n) is 5.94. The summed E-state index contributed by atoms with van der Waals surface area (Å²) in [6, 6.07) is 0.